The molecule has 1 saturated heterocycles. The number of hydrogen-bond acceptors (Lipinski definition) is 5. The number of rotatable bonds is 4. The van der Waals surface area contributed by atoms with Crippen LogP contribution in [0.15, 0.2) is 36.7 Å². The lowest BCUT2D eigenvalue weighted by atomic mass is 10.2. The Labute approximate surface area is 152 Å². The van der Waals surface area contributed by atoms with Crippen molar-refractivity contribution in [3.8, 4) is 0 Å². The molecule has 2 amide bonds. The fraction of sp³-hybridized carbons (Fsp3) is 0.368. The second-order valence-corrected chi connectivity index (χ2v) is 6.39. The molecule has 2 heterocycles. The van der Waals surface area contributed by atoms with Crippen LogP contribution in [0.2, 0.25) is 0 Å². The summed E-state index contributed by atoms with van der Waals surface area (Å²) in [5, 5.41) is 5.80. The molecule has 1 aromatic heterocycles. The van der Waals surface area contributed by atoms with Crippen LogP contribution in [0.1, 0.15) is 43.0 Å². The van der Waals surface area contributed by atoms with Crippen LogP contribution in [0.3, 0.4) is 0 Å². The van der Waals surface area contributed by atoms with Crippen molar-refractivity contribution in [3.05, 3.63) is 42.2 Å². The minimum absolute atomic E-state index is 0.00824. The standard InChI is InChI=1S/C19H23N5O2/c1-14(25)22-16-7-6-8-17(11-16)23-19-20-12-15(13-21-19)18(26)24-9-4-2-3-5-10-24/h6-8,11-13H,2-5,9-10H2,1H3,(H,22,25)(H,20,21,23). The van der Waals surface area contributed by atoms with Gasteiger partial charge in [-0.25, -0.2) is 9.97 Å². The van der Waals surface area contributed by atoms with Gasteiger partial charge in [-0.3, -0.25) is 9.59 Å². The zero-order chi connectivity index (χ0) is 18.4. The van der Waals surface area contributed by atoms with Gasteiger partial charge in [0.05, 0.1) is 5.56 Å². The Morgan fingerprint density at radius 1 is 1.00 bits per heavy atom. The predicted octanol–water partition coefficient (Wildman–Crippen LogP) is 3.19. The summed E-state index contributed by atoms with van der Waals surface area (Å²) in [7, 11) is 0. The Kier molecular flexibility index (Phi) is 5.78. The van der Waals surface area contributed by atoms with Crippen molar-refractivity contribution < 1.29 is 9.59 Å². The second kappa shape index (κ2) is 8.42. The molecule has 7 heteroatoms. The summed E-state index contributed by atoms with van der Waals surface area (Å²) in [5.74, 6) is 0.262. The number of nitrogens with zero attached hydrogens (tertiary/aromatic N) is 3. The minimum atomic E-state index is -0.130. The van der Waals surface area contributed by atoms with Crippen LogP contribution in [-0.2, 0) is 4.79 Å². The average Bonchev–Trinajstić information content (AvgIpc) is 2.91. The second-order valence-electron chi connectivity index (χ2n) is 6.39. The number of hydrogen-bond donors (Lipinski definition) is 2. The highest BCUT2D eigenvalue weighted by molar-refractivity contribution is 5.93. The van der Waals surface area contributed by atoms with Gasteiger partial charge in [-0.1, -0.05) is 18.9 Å². The molecule has 2 aromatic rings. The highest BCUT2D eigenvalue weighted by atomic mass is 16.2. The molecule has 1 fully saturated rings. The molecule has 7 nitrogen and oxygen atoms in total. The van der Waals surface area contributed by atoms with Crippen LogP contribution in [0.4, 0.5) is 17.3 Å². The summed E-state index contributed by atoms with van der Waals surface area (Å²) < 4.78 is 0. The quantitative estimate of drug-likeness (QED) is 0.881. The van der Waals surface area contributed by atoms with Crippen LogP contribution < -0.4 is 10.6 Å². The highest BCUT2D eigenvalue weighted by Crippen LogP contribution is 2.18. The molecule has 136 valence electrons. The van der Waals surface area contributed by atoms with Gasteiger partial charge in [-0.15, -0.1) is 0 Å². The number of benzene rings is 1. The number of anilines is 3. The third kappa shape index (κ3) is 4.78. The first-order valence-corrected chi connectivity index (χ1v) is 8.88. The van der Waals surface area contributed by atoms with Crippen molar-refractivity contribution in [2.75, 3.05) is 23.7 Å². The lowest BCUT2D eigenvalue weighted by Gasteiger charge is -2.19. The van der Waals surface area contributed by atoms with Crippen LogP contribution >= 0.6 is 0 Å². The van der Waals surface area contributed by atoms with E-state index < -0.39 is 0 Å². The van der Waals surface area contributed by atoms with Gasteiger partial charge >= 0.3 is 0 Å². The van der Waals surface area contributed by atoms with E-state index in [-0.39, 0.29) is 11.8 Å². The number of carbonyl (C=O) groups is 2. The number of carbonyl (C=O) groups excluding carboxylic acids is 2. The van der Waals surface area contributed by atoms with E-state index in [2.05, 4.69) is 20.6 Å². The van der Waals surface area contributed by atoms with Gasteiger partial charge in [0.2, 0.25) is 11.9 Å². The Morgan fingerprint density at radius 2 is 1.65 bits per heavy atom. The fourth-order valence-electron chi connectivity index (χ4n) is 2.97. The molecule has 0 spiro atoms. The van der Waals surface area contributed by atoms with E-state index in [1.54, 1.807) is 24.5 Å². The smallest absolute Gasteiger partial charge is 0.256 e. The summed E-state index contributed by atoms with van der Waals surface area (Å²) in [4.78, 5) is 34.1. The molecule has 1 aliphatic rings. The molecule has 0 bridgehead atoms. The summed E-state index contributed by atoms with van der Waals surface area (Å²) in [6.45, 7) is 3.06. The first kappa shape index (κ1) is 17.8. The van der Waals surface area contributed by atoms with Gasteiger partial charge in [-0.2, -0.15) is 0 Å². The molecule has 0 radical (unpaired) electrons. The Morgan fingerprint density at radius 3 is 2.31 bits per heavy atom. The number of aromatic nitrogens is 2. The van der Waals surface area contributed by atoms with Gasteiger partial charge in [0, 0.05) is 43.8 Å². The van der Waals surface area contributed by atoms with E-state index in [1.165, 1.54) is 19.8 Å². The largest absolute Gasteiger partial charge is 0.339 e. The number of nitrogens with one attached hydrogen (secondary N) is 2. The van der Waals surface area contributed by atoms with Gasteiger partial charge < -0.3 is 15.5 Å². The van der Waals surface area contributed by atoms with Crippen molar-refractivity contribution >= 4 is 29.1 Å². The van der Waals surface area contributed by atoms with Crippen molar-refractivity contribution in [3.63, 3.8) is 0 Å². The van der Waals surface area contributed by atoms with Gasteiger partial charge in [-0.05, 0) is 31.0 Å². The molecule has 0 unspecified atom stereocenters. The van der Waals surface area contributed by atoms with Gasteiger partial charge in [0.25, 0.3) is 5.91 Å². The molecule has 0 saturated carbocycles. The van der Waals surface area contributed by atoms with Gasteiger partial charge in [0.15, 0.2) is 0 Å². The lowest BCUT2D eigenvalue weighted by molar-refractivity contribution is -0.114. The maximum absolute atomic E-state index is 12.6. The zero-order valence-corrected chi connectivity index (χ0v) is 14.9. The fourth-order valence-corrected chi connectivity index (χ4v) is 2.97. The molecule has 0 atom stereocenters. The van der Waals surface area contributed by atoms with Crippen LogP contribution in [0, 0.1) is 0 Å². The lowest BCUT2D eigenvalue weighted by Crippen LogP contribution is -2.32. The van der Waals surface area contributed by atoms with E-state index in [4.69, 9.17) is 0 Å². The normalized spacial score (nSPS) is 14.4. The number of likely N-dealkylation sites (tertiary alicyclic amines) is 1. The van der Waals surface area contributed by atoms with Crippen LogP contribution in [0.25, 0.3) is 0 Å². The molecular formula is C19H23N5O2. The first-order chi connectivity index (χ1) is 12.6. The third-order valence-electron chi connectivity index (χ3n) is 4.23. The Balaban J connectivity index is 1.66. The Hall–Kier alpha value is -2.96. The summed E-state index contributed by atoms with van der Waals surface area (Å²) in [5.41, 5.74) is 1.95. The first-order valence-electron chi connectivity index (χ1n) is 8.88. The van der Waals surface area contributed by atoms with E-state index in [0.29, 0.717) is 17.2 Å². The average molecular weight is 353 g/mol. The van der Waals surface area contributed by atoms with Crippen molar-refractivity contribution in [1.82, 2.24) is 14.9 Å². The molecule has 0 aliphatic carbocycles. The Bertz CT molecular complexity index is 768. The summed E-state index contributed by atoms with van der Waals surface area (Å²) in [6, 6.07) is 7.27. The molecule has 1 aromatic carbocycles. The molecule has 3 rings (SSSR count). The molecule has 1 aliphatic heterocycles. The van der Waals surface area contributed by atoms with Crippen molar-refractivity contribution in [1.29, 1.82) is 0 Å². The maximum Gasteiger partial charge on any atom is 0.256 e. The maximum atomic E-state index is 12.6. The summed E-state index contributed by atoms with van der Waals surface area (Å²) in [6.07, 6.45) is 7.58. The summed E-state index contributed by atoms with van der Waals surface area (Å²) >= 11 is 0. The molecular weight excluding hydrogens is 330 g/mol. The van der Waals surface area contributed by atoms with Crippen molar-refractivity contribution in [2.24, 2.45) is 0 Å². The topological polar surface area (TPSA) is 87.2 Å². The monoisotopic (exact) mass is 353 g/mol. The highest BCUT2D eigenvalue weighted by Gasteiger charge is 2.18. The predicted molar refractivity (Wildman–Crippen MR) is 100 cm³/mol. The van der Waals surface area contributed by atoms with Crippen molar-refractivity contribution in [2.45, 2.75) is 32.6 Å². The minimum Gasteiger partial charge on any atom is -0.339 e. The van der Waals surface area contributed by atoms with E-state index in [1.807, 2.05) is 17.0 Å². The van der Waals surface area contributed by atoms with Crippen LogP contribution in [0.5, 0.6) is 0 Å². The molecule has 26 heavy (non-hydrogen) atoms. The van der Waals surface area contributed by atoms with E-state index >= 15 is 0 Å². The molecule has 2 N–H and O–H groups in total. The van der Waals surface area contributed by atoms with E-state index in [9.17, 15) is 9.59 Å². The van der Waals surface area contributed by atoms with Crippen LogP contribution in [-0.4, -0.2) is 39.8 Å². The SMILES string of the molecule is CC(=O)Nc1cccc(Nc2ncc(C(=O)N3CCCCCC3)cn2)c1. The zero-order valence-electron chi connectivity index (χ0n) is 14.9. The third-order valence-corrected chi connectivity index (χ3v) is 4.23. The van der Waals surface area contributed by atoms with E-state index in [0.717, 1.165) is 31.6 Å². The number of amides is 2. The van der Waals surface area contributed by atoms with Gasteiger partial charge in [0.1, 0.15) is 0 Å².